The molecule has 0 aliphatic carbocycles. The predicted octanol–water partition coefficient (Wildman–Crippen LogP) is 2.53. The molecule has 6 heteroatoms. The van der Waals surface area contributed by atoms with Crippen LogP contribution in [0.5, 0.6) is 5.75 Å². The first-order valence-electron chi connectivity index (χ1n) is 5.17. The third kappa shape index (κ3) is 3.49. The van der Waals surface area contributed by atoms with Crippen LogP contribution in [-0.2, 0) is 17.8 Å². The van der Waals surface area contributed by atoms with Gasteiger partial charge in [-0.25, -0.2) is 4.98 Å². The molecule has 0 fully saturated rings. The summed E-state index contributed by atoms with van der Waals surface area (Å²) in [6.45, 7) is 0.140. The molecule has 1 N–H and O–H groups in total. The maximum atomic E-state index is 10.5. The zero-order chi connectivity index (χ0) is 13.0. The molecule has 1 heterocycles. The number of carboxylic acid groups (broad SMARTS) is 1. The van der Waals surface area contributed by atoms with E-state index in [-0.39, 0.29) is 13.0 Å². The van der Waals surface area contributed by atoms with E-state index >= 15 is 0 Å². The molecule has 0 unspecified atom stereocenters. The maximum absolute atomic E-state index is 10.5. The molecule has 0 amide bonds. The largest absolute Gasteiger partial charge is 0.484 e. The Morgan fingerprint density at radius 2 is 2.11 bits per heavy atom. The number of halogens is 1. The van der Waals surface area contributed by atoms with Crippen LogP contribution in [0.3, 0.4) is 0 Å². The van der Waals surface area contributed by atoms with Crippen molar-refractivity contribution in [2.24, 2.45) is 0 Å². The normalized spacial score (nSPS) is 10.3. The Kier molecular flexibility index (Phi) is 3.84. The third-order valence-corrected chi connectivity index (χ3v) is 2.36. The number of oxazole rings is 1. The van der Waals surface area contributed by atoms with Crippen LogP contribution in [-0.4, -0.2) is 16.1 Å². The van der Waals surface area contributed by atoms with Crippen molar-refractivity contribution < 1.29 is 19.1 Å². The summed E-state index contributed by atoms with van der Waals surface area (Å²) in [4.78, 5) is 14.4. The number of hydrogen-bond donors (Lipinski definition) is 1. The highest BCUT2D eigenvalue weighted by molar-refractivity contribution is 6.30. The summed E-state index contributed by atoms with van der Waals surface area (Å²) >= 11 is 5.74. The zero-order valence-electron chi connectivity index (χ0n) is 9.30. The number of aromatic nitrogens is 1. The molecule has 1 aromatic heterocycles. The van der Waals surface area contributed by atoms with Gasteiger partial charge in [-0.3, -0.25) is 4.79 Å². The summed E-state index contributed by atoms with van der Waals surface area (Å²) in [5.74, 6) is 0.0204. The fourth-order valence-corrected chi connectivity index (χ4v) is 1.45. The third-order valence-electron chi connectivity index (χ3n) is 2.11. The number of ether oxygens (including phenoxy) is 1. The molecule has 0 radical (unpaired) electrons. The van der Waals surface area contributed by atoms with Gasteiger partial charge in [0, 0.05) is 5.02 Å². The van der Waals surface area contributed by atoms with Gasteiger partial charge < -0.3 is 14.3 Å². The van der Waals surface area contributed by atoms with E-state index in [1.54, 1.807) is 24.3 Å². The first-order valence-corrected chi connectivity index (χ1v) is 5.55. The van der Waals surface area contributed by atoms with Crippen molar-refractivity contribution in [3.63, 3.8) is 0 Å². The molecule has 0 saturated carbocycles. The van der Waals surface area contributed by atoms with Gasteiger partial charge in [0.1, 0.15) is 12.0 Å². The van der Waals surface area contributed by atoms with Gasteiger partial charge in [0.2, 0.25) is 5.89 Å². The lowest BCUT2D eigenvalue weighted by Gasteiger charge is -2.02. The van der Waals surface area contributed by atoms with E-state index in [2.05, 4.69) is 4.98 Å². The van der Waals surface area contributed by atoms with Gasteiger partial charge in [-0.2, -0.15) is 0 Å². The van der Waals surface area contributed by atoms with Crippen LogP contribution in [0.15, 0.2) is 34.9 Å². The minimum absolute atomic E-state index is 0.140. The monoisotopic (exact) mass is 267 g/mol. The Labute approximate surface area is 108 Å². The molecular formula is C12H10ClNO4. The smallest absolute Gasteiger partial charge is 0.309 e. The van der Waals surface area contributed by atoms with Gasteiger partial charge in [-0.1, -0.05) is 11.6 Å². The molecule has 0 aliphatic heterocycles. The minimum atomic E-state index is -0.950. The number of rotatable bonds is 5. The Bertz CT molecular complexity index is 535. The van der Waals surface area contributed by atoms with Gasteiger partial charge in [0.05, 0.1) is 12.1 Å². The Balaban J connectivity index is 1.92. The van der Waals surface area contributed by atoms with E-state index in [0.29, 0.717) is 22.4 Å². The summed E-state index contributed by atoms with van der Waals surface area (Å²) in [6.07, 6.45) is 1.15. The van der Waals surface area contributed by atoms with Crippen LogP contribution < -0.4 is 4.74 Å². The number of hydrogen-bond acceptors (Lipinski definition) is 4. The highest BCUT2D eigenvalue weighted by Crippen LogP contribution is 2.16. The van der Waals surface area contributed by atoms with Crippen molar-refractivity contribution in [3.05, 3.63) is 47.1 Å². The van der Waals surface area contributed by atoms with Crippen LogP contribution in [0.1, 0.15) is 11.6 Å². The fourth-order valence-electron chi connectivity index (χ4n) is 1.33. The molecule has 0 atom stereocenters. The van der Waals surface area contributed by atoms with Crippen molar-refractivity contribution in [1.82, 2.24) is 4.98 Å². The molecule has 0 saturated heterocycles. The van der Waals surface area contributed by atoms with Crippen molar-refractivity contribution in [2.45, 2.75) is 13.0 Å². The number of carboxylic acids is 1. The second-order valence-corrected chi connectivity index (χ2v) is 3.98. The predicted molar refractivity (Wildman–Crippen MR) is 63.6 cm³/mol. The summed E-state index contributed by atoms with van der Waals surface area (Å²) in [5, 5.41) is 9.21. The molecule has 18 heavy (non-hydrogen) atoms. The Hall–Kier alpha value is -2.01. The van der Waals surface area contributed by atoms with Gasteiger partial charge in [0.25, 0.3) is 0 Å². The van der Waals surface area contributed by atoms with E-state index in [4.69, 9.17) is 25.9 Å². The highest BCUT2D eigenvalue weighted by atomic mass is 35.5. The van der Waals surface area contributed by atoms with Crippen LogP contribution in [0, 0.1) is 0 Å². The van der Waals surface area contributed by atoms with Crippen molar-refractivity contribution in [2.75, 3.05) is 0 Å². The van der Waals surface area contributed by atoms with Gasteiger partial charge in [-0.05, 0) is 24.3 Å². The average molecular weight is 268 g/mol. The Morgan fingerprint density at radius 1 is 1.39 bits per heavy atom. The maximum Gasteiger partial charge on any atom is 0.309 e. The average Bonchev–Trinajstić information content (AvgIpc) is 2.75. The molecule has 2 rings (SSSR count). The number of carbonyl (C=O) groups is 1. The van der Waals surface area contributed by atoms with Crippen LogP contribution in [0.25, 0.3) is 0 Å². The molecule has 0 bridgehead atoms. The lowest BCUT2D eigenvalue weighted by atomic mass is 10.3. The summed E-state index contributed by atoms with van der Waals surface area (Å²) in [7, 11) is 0. The molecule has 0 aliphatic rings. The topological polar surface area (TPSA) is 72.6 Å². The molecule has 5 nitrogen and oxygen atoms in total. The lowest BCUT2D eigenvalue weighted by Crippen LogP contribution is -2.01. The molecular weight excluding hydrogens is 258 g/mol. The second kappa shape index (κ2) is 5.55. The molecule has 94 valence electrons. The molecule has 2 aromatic rings. The van der Waals surface area contributed by atoms with Crippen molar-refractivity contribution in [1.29, 1.82) is 0 Å². The van der Waals surface area contributed by atoms with E-state index in [0.717, 1.165) is 0 Å². The quantitative estimate of drug-likeness (QED) is 0.901. The second-order valence-electron chi connectivity index (χ2n) is 3.55. The standard InChI is InChI=1S/C12H10ClNO4/c13-8-1-3-10(4-2-8)17-7-11-14-9(6-18-11)5-12(15)16/h1-4,6H,5,7H2,(H,15,16). The number of aliphatic carboxylic acids is 1. The molecule has 1 aromatic carbocycles. The zero-order valence-corrected chi connectivity index (χ0v) is 10.1. The Morgan fingerprint density at radius 3 is 2.78 bits per heavy atom. The number of benzene rings is 1. The first kappa shape index (κ1) is 12.4. The van der Waals surface area contributed by atoms with E-state index < -0.39 is 5.97 Å². The van der Waals surface area contributed by atoms with Gasteiger partial charge in [0.15, 0.2) is 6.61 Å². The number of nitrogens with zero attached hydrogens (tertiary/aromatic N) is 1. The fraction of sp³-hybridized carbons (Fsp3) is 0.167. The van der Waals surface area contributed by atoms with Gasteiger partial charge >= 0.3 is 5.97 Å². The minimum Gasteiger partial charge on any atom is -0.484 e. The van der Waals surface area contributed by atoms with Crippen LogP contribution in [0.2, 0.25) is 5.02 Å². The van der Waals surface area contributed by atoms with Crippen molar-refractivity contribution >= 4 is 17.6 Å². The first-order chi connectivity index (χ1) is 8.63. The van der Waals surface area contributed by atoms with Crippen molar-refractivity contribution in [3.8, 4) is 5.75 Å². The van der Waals surface area contributed by atoms with Crippen LogP contribution >= 0.6 is 11.6 Å². The van der Waals surface area contributed by atoms with Gasteiger partial charge in [-0.15, -0.1) is 0 Å². The summed E-state index contributed by atoms with van der Waals surface area (Å²) in [6, 6.07) is 6.87. The van der Waals surface area contributed by atoms with Crippen LogP contribution in [0.4, 0.5) is 0 Å². The highest BCUT2D eigenvalue weighted by Gasteiger charge is 2.08. The van der Waals surface area contributed by atoms with E-state index in [1.165, 1.54) is 6.26 Å². The summed E-state index contributed by atoms with van der Waals surface area (Å²) in [5.41, 5.74) is 0.372. The van der Waals surface area contributed by atoms with E-state index in [9.17, 15) is 4.79 Å². The summed E-state index contributed by atoms with van der Waals surface area (Å²) < 4.78 is 10.5. The SMILES string of the molecule is O=C(O)Cc1coc(COc2ccc(Cl)cc2)n1. The molecule has 0 spiro atoms. The lowest BCUT2D eigenvalue weighted by molar-refractivity contribution is -0.136. The van der Waals surface area contributed by atoms with E-state index in [1.807, 2.05) is 0 Å².